The van der Waals surface area contributed by atoms with Gasteiger partial charge in [0.1, 0.15) is 11.6 Å². The molecule has 0 fully saturated rings. The SMILES string of the molecule is NCc1cccnc1NCc1ccco1. The van der Waals surface area contributed by atoms with Crippen LogP contribution in [0.4, 0.5) is 5.82 Å². The van der Waals surface area contributed by atoms with Crippen molar-refractivity contribution >= 4 is 5.82 Å². The topological polar surface area (TPSA) is 64.1 Å². The largest absolute Gasteiger partial charge is 0.467 e. The van der Waals surface area contributed by atoms with Gasteiger partial charge in [-0.2, -0.15) is 0 Å². The number of nitrogens with zero attached hydrogens (tertiary/aromatic N) is 1. The van der Waals surface area contributed by atoms with Crippen LogP contribution in [-0.2, 0) is 13.1 Å². The Morgan fingerprint density at radius 1 is 1.33 bits per heavy atom. The molecule has 15 heavy (non-hydrogen) atoms. The standard InChI is InChI=1S/C11H13N3O/c12-7-9-3-1-5-13-11(9)14-8-10-4-2-6-15-10/h1-6H,7-8,12H2,(H,13,14). The highest BCUT2D eigenvalue weighted by Gasteiger charge is 2.01. The minimum absolute atomic E-state index is 0.480. The van der Waals surface area contributed by atoms with Gasteiger partial charge in [0, 0.05) is 18.3 Å². The van der Waals surface area contributed by atoms with Gasteiger partial charge in [-0.3, -0.25) is 0 Å². The van der Waals surface area contributed by atoms with Gasteiger partial charge < -0.3 is 15.5 Å². The minimum atomic E-state index is 0.480. The number of hydrogen-bond acceptors (Lipinski definition) is 4. The van der Waals surface area contributed by atoms with Gasteiger partial charge in [0.25, 0.3) is 0 Å². The lowest BCUT2D eigenvalue weighted by Gasteiger charge is -2.07. The molecule has 3 N–H and O–H groups in total. The van der Waals surface area contributed by atoms with Crippen molar-refractivity contribution in [1.82, 2.24) is 4.98 Å². The van der Waals surface area contributed by atoms with E-state index in [4.69, 9.17) is 10.2 Å². The molecule has 0 spiro atoms. The van der Waals surface area contributed by atoms with E-state index in [2.05, 4.69) is 10.3 Å². The van der Waals surface area contributed by atoms with Gasteiger partial charge in [-0.1, -0.05) is 6.07 Å². The van der Waals surface area contributed by atoms with E-state index in [-0.39, 0.29) is 0 Å². The molecule has 4 nitrogen and oxygen atoms in total. The Morgan fingerprint density at radius 3 is 3.00 bits per heavy atom. The molecule has 0 bridgehead atoms. The van der Waals surface area contributed by atoms with E-state index in [1.165, 1.54) is 0 Å². The maximum atomic E-state index is 5.60. The first-order valence-electron chi connectivity index (χ1n) is 4.80. The number of rotatable bonds is 4. The summed E-state index contributed by atoms with van der Waals surface area (Å²) in [5.74, 6) is 1.69. The van der Waals surface area contributed by atoms with Gasteiger partial charge in [0.2, 0.25) is 0 Å². The fraction of sp³-hybridized carbons (Fsp3) is 0.182. The van der Waals surface area contributed by atoms with E-state index < -0.39 is 0 Å². The zero-order valence-electron chi connectivity index (χ0n) is 8.31. The number of hydrogen-bond donors (Lipinski definition) is 2. The number of aromatic nitrogens is 1. The molecule has 0 atom stereocenters. The monoisotopic (exact) mass is 203 g/mol. The second-order valence-electron chi connectivity index (χ2n) is 3.15. The van der Waals surface area contributed by atoms with Crippen LogP contribution in [0.5, 0.6) is 0 Å². The number of nitrogens with two attached hydrogens (primary N) is 1. The zero-order chi connectivity index (χ0) is 10.5. The summed E-state index contributed by atoms with van der Waals surface area (Å²) in [6.07, 6.45) is 3.39. The van der Waals surface area contributed by atoms with E-state index >= 15 is 0 Å². The predicted molar refractivity (Wildman–Crippen MR) is 58.2 cm³/mol. The van der Waals surface area contributed by atoms with Crippen LogP contribution < -0.4 is 11.1 Å². The molecule has 2 aromatic heterocycles. The Bertz CT molecular complexity index is 412. The third-order valence-electron chi connectivity index (χ3n) is 2.12. The number of anilines is 1. The van der Waals surface area contributed by atoms with E-state index in [1.54, 1.807) is 12.5 Å². The van der Waals surface area contributed by atoms with Crippen LogP contribution in [0.3, 0.4) is 0 Å². The van der Waals surface area contributed by atoms with Crippen LogP contribution in [0, 0.1) is 0 Å². The fourth-order valence-corrected chi connectivity index (χ4v) is 1.35. The summed E-state index contributed by atoms with van der Waals surface area (Å²) in [6, 6.07) is 7.61. The molecule has 2 rings (SSSR count). The Labute approximate surface area is 88.1 Å². The second-order valence-corrected chi connectivity index (χ2v) is 3.15. The normalized spacial score (nSPS) is 10.2. The highest BCUT2D eigenvalue weighted by atomic mass is 16.3. The van der Waals surface area contributed by atoms with Crippen molar-refractivity contribution in [2.24, 2.45) is 5.73 Å². The summed E-state index contributed by atoms with van der Waals surface area (Å²) in [4.78, 5) is 4.22. The molecule has 0 aromatic carbocycles. The van der Waals surface area contributed by atoms with Crippen LogP contribution in [-0.4, -0.2) is 4.98 Å². The first-order chi connectivity index (χ1) is 7.40. The van der Waals surface area contributed by atoms with Crippen LogP contribution in [0.1, 0.15) is 11.3 Å². The molecule has 0 saturated heterocycles. The van der Waals surface area contributed by atoms with Crippen LogP contribution in [0.25, 0.3) is 0 Å². The van der Waals surface area contributed by atoms with Gasteiger partial charge in [-0.05, 0) is 18.2 Å². The zero-order valence-corrected chi connectivity index (χ0v) is 8.31. The van der Waals surface area contributed by atoms with Crippen LogP contribution in [0.2, 0.25) is 0 Å². The average molecular weight is 203 g/mol. The maximum Gasteiger partial charge on any atom is 0.130 e. The Hall–Kier alpha value is -1.81. The summed E-state index contributed by atoms with van der Waals surface area (Å²) >= 11 is 0. The first-order valence-corrected chi connectivity index (χ1v) is 4.80. The van der Waals surface area contributed by atoms with E-state index in [1.807, 2.05) is 24.3 Å². The van der Waals surface area contributed by atoms with Crippen molar-refractivity contribution in [3.8, 4) is 0 Å². The molecular weight excluding hydrogens is 190 g/mol. The Balaban J connectivity index is 2.04. The molecule has 0 radical (unpaired) electrons. The van der Waals surface area contributed by atoms with Gasteiger partial charge >= 0.3 is 0 Å². The Morgan fingerprint density at radius 2 is 2.27 bits per heavy atom. The van der Waals surface area contributed by atoms with Crippen LogP contribution in [0.15, 0.2) is 41.1 Å². The lowest BCUT2D eigenvalue weighted by molar-refractivity contribution is 0.517. The lowest BCUT2D eigenvalue weighted by atomic mass is 10.2. The maximum absolute atomic E-state index is 5.60. The minimum Gasteiger partial charge on any atom is -0.467 e. The molecule has 0 unspecified atom stereocenters. The quantitative estimate of drug-likeness (QED) is 0.794. The van der Waals surface area contributed by atoms with E-state index in [0.29, 0.717) is 13.1 Å². The second kappa shape index (κ2) is 4.61. The molecule has 0 aliphatic heterocycles. The average Bonchev–Trinajstić information content (AvgIpc) is 2.79. The summed E-state index contributed by atoms with van der Waals surface area (Å²) in [5, 5.41) is 3.18. The summed E-state index contributed by atoms with van der Waals surface area (Å²) in [7, 11) is 0. The van der Waals surface area contributed by atoms with Gasteiger partial charge in [-0.15, -0.1) is 0 Å². The van der Waals surface area contributed by atoms with Crippen molar-refractivity contribution in [2.75, 3.05) is 5.32 Å². The molecule has 2 heterocycles. The van der Waals surface area contributed by atoms with Crippen molar-refractivity contribution in [3.05, 3.63) is 48.0 Å². The van der Waals surface area contributed by atoms with Gasteiger partial charge in [-0.25, -0.2) is 4.98 Å². The molecule has 0 amide bonds. The van der Waals surface area contributed by atoms with E-state index in [9.17, 15) is 0 Å². The van der Waals surface area contributed by atoms with Gasteiger partial charge in [0.15, 0.2) is 0 Å². The predicted octanol–water partition coefficient (Wildman–Crippen LogP) is 1.75. The van der Waals surface area contributed by atoms with Crippen molar-refractivity contribution < 1.29 is 4.42 Å². The van der Waals surface area contributed by atoms with Crippen LogP contribution >= 0.6 is 0 Å². The van der Waals surface area contributed by atoms with Gasteiger partial charge in [0.05, 0.1) is 12.8 Å². The number of nitrogens with one attached hydrogen (secondary N) is 1. The summed E-state index contributed by atoms with van der Waals surface area (Å²) in [6.45, 7) is 1.10. The highest BCUT2D eigenvalue weighted by molar-refractivity contribution is 5.43. The molecule has 2 aromatic rings. The third kappa shape index (κ3) is 2.35. The molecule has 78 valence electrons. The fourth-order valence-electron chi connectivity index (χ4n) is 1.35. The van der Waals surface area contributed by atoms with E-state index in [0.717, 1.165) is 17.1 Å². The lowest BCUT2D eigenvalue weighted by Crippen LogP contribution is -2.06. The molecule has 0 aliphatic carbocycles. The smallest absolute Gasteiger partial charge is 0.130 e. The van der Waals surface area contributed by atoms with Crippen molar-refractivity contribution in [3.63, 3.8) is 0 Å². The molecule has 4 heteroatoms. The highest BCUT2D eigenvalue weighted by Crippen LogP contribution is 2.11. The summed E-state index contributed by atoms with van der Waals surface area (Å²) < 4.78 is 5.21. The molecule has 0 saturated carbocycles. The Kier molecular flexibility index (Phi) is 2.99. The third-order valence-corrected chi connectivity index (χ3v) is 2.12. The first kappa shape index (κ1) is 9.73. The number of pyridine rings is 1. The summed E-state index contributed by atoms with van der Waals surface area (Å²) in [5.41, 5.74) is 6.60. The molecule has 0 aliphatic rings. The van der Waals surface area contributed by atoms with Crippen molar-refractivity contribution in [1.29, 1.82) is 0 Å². The number of furan rings is 1. The van der Waals surface area contributed by atoms with Crippen molar-refractivity contribution in [2.45, 2.75) is 13.1 Å². The molecular formula is C11H13N3O.